The van der Waals surface area contributed by atoms with Gasteiger partial charge in [0, 0.05) is 43.5 Å². The molecular formula is C43H30BN3OS. The van der Waals surface area contributed by atoms with Gasteiger partial charge < -0.3 is 9.32 Å². The standard InChI is InChI=1S/C43H30BN3OS/c1-43(2,3)26-20-22-27(23-21-26)46-32-16-11-17-33-36(32)44(41-38(46)29-15-7-9-18-34(29)48-41)31-24-30-28-14-8-10-19-35(28)49-40(30)37-39(31)47(33)42(45-37)25-12-5-4-6-13-25/h4-24H,1-3H3. The van der Waals surface area contributed by atoms with Crippen molar-refractivity contribution >= 4 is 93.9 Å². The van der Waals surface area contributed by atoms with Crippen molar-refractivity contribution < 1.29 is 4.42 Å². The van der Waals surface area contributed by atoms with E-state index < -0.39 is 0 Å². The Morgan fingerprint density at radius 1 is 0.714 bits per heavy atom. The number of rotatable bonds is 2. The Morgan fingerprint density at radius 2 is 1.45 bits per heavy atom. The molecule has 0 radical (unpaired) electrons. The van der Waals surface area contributed by atoms with Gasteiger partial charge in [0.1, 0.15) is 16.9 Å². The number of aromatic nitrogens is 2. The zero-order valence-electron chi connectivity index (χ0n) is 27.4. The van der Waals surface area contributed by atoms with Crippen molar-refractivity contribution in [1.82, 2.24) is 9.55 Å². The summed E-state index contributed by atoms with van der Waals surface area (Å²) >= 11 is 1.84. The molecule has 6 aromatic carbocycles. The van der Waals surface area contributed by atoms with Gasteiger partial charge in [0.2, 0.25) is 0 Å². The molecule has 5 heterocycles. The highest BCUT2D eigenvalue weighted by molar-refractivity contribution is 7.26. The second kappa shape index (κ2) is 9.52. The molecule has 3 aromatic heterocycles. The monoisotopic (exact) mass is 647 g/mol. The van der Waals surface area contributed by atoms with Gasteiger partial charge >= 0.3 is 0 Å². The van der Waals surface area contributed by atoms with Crippen LogP contribution in [0.15, 0.2) is 132 Å². The molecule has 0 saturated carbocycles. The fourth-order valence-electron chi connectivity index (χ4n) is 8.32. The lowest BCUT2D eigenvalue weighted by molar-refractivity contribution is 0.590. The fraction of sp³-hybridized carbons (Fsp3) is 0.0930. The van der Waals surface area contributed by atoms with Gasteiger partial charge in [-0.2, -0.15) is 0 Å². The summed E-state index contributed by atoms with van der Waals surface area (Å²) in [6.45, 7) is 6.70. The van der Waals surface area contributed by atoms with Crippen LogP contribution in [0.25, 0.3) is 59.3 Å². The maximum atomic E-state index is 7.02. The molecule has 4 nitrogen and oxygen atoms in total. The molecule has 2 aliphatic heterocycles. The highest BCUT2D eigenvalue weighted by Gasteiger charge is 2.46. The number of nitrogens with zero attached hydrogens (tertiary/aromatic N) is 3. The Hall–Kier alpha value is -5.59. The van der Waals surface area contributed by atoms with Crippen LogP contribution >= 0.6 is 11.3 Å². The number of imidazole rings is 1. The Morgan fingerprint density at radius 3 is 2.27 bits per heavy atom. The third-order valence-electron chi connectivity index (χ3n) is 10.5. The van der Waals surface area contributed by atoms with Gasteiger partial charge in [0.25, 0.3) is 6.71 Å². The normalized spacial score (nSPS) is 13.5. The largest absolute Gasteiger partial charge is 0.468 e. The van der Waals surface area contributed by atoms with Gasteiger partial charge in [-0.15, -0.1) is 11.3 Å². The van der Waals surface area contributed by atoms with Gasteiger partial charge in [0.05, 0.1) is 21.6 Å². The average Bonchev–Trinajstić information content (AvgIpc) is 3.82. The van der Waals surface area contributed by atoms with Crippen LogP contribution in [0.1, 0.15) is 26.3 Å². The predicted octanol–water partition coefficient (Wildman–Crippen LogP) is 9.72. The highest BCUT2D eigenvalue weighted by atomic mass is 32.1. The number of hydrogen-bond donors (Lipinski definition) is 0. The molecule has 0 amide bonds. The number of benzene rings is 6. The summed E-state index contributed by atoms with van der Waals surface area (Å²) in [6.07, 6.45) is 0. The summed E-state index contributed by atoms with van der Waals surface area (Å²) in [5.74, 6) is 0.963. The van der Waals surface area contributed by atoms with E-state index in [0.717, 1.165) is 50.6 Å². The van der Waals surface area contributed by atoms with Gasteiger partial charge in [-0.05, 0) is 64.4 Å². The summed E-state index contributed by atoms with van der Waals surface area (Å²) in [6, 6.07) is 46.2. The number of thiophene rings is 1. The predicted molar refractivity (Wildman–Crippen MR) is 207 cm³/mol. The first-order chi connectivity index (χ1) is 24.0. The van der Waals surface area contributed by atoms with Crippen molar-refractivity contribution in [3.05, 3.63) is 133 Å². The van der Waals surface area contributed by atoms with Crippen molar-refractivity contribution in [2.75, 3.05) is 4.90 Å². The molecule has 9 aromatic rings. The summed E-state index contributed by atoms with van der Waals surface area (Å²) in [4.78, 5) is 7.97. The van der Waals surface area contributed by atoms with Gasteiger partial charge in [-0.3, -0.25) is 4.57 Å². The third-order valence-corrected chi connectivity index (χ3v) is 11.7. The molecule has 6 heteroatoms. The molecule has 0 spiro atoms. The highest BCUT2D eigenvalue weighted by Crippen LogP contribution is 2.46. The van der Waals surface area contributed by atoms with Crippen molar-refractivity contribution in [2.45, 2.75) is 26.2 Å². The second-order valence-electron chi connectivity index (χ2n) is 14.4. The molecule has 0 unspecified atom stereocenters. The van der Waals surface area contributed by atoms with Gasteiger partial charge in [0.15, 0.2) is 0 Å². The van der Waals surface area contributed by atoms with Crippen molar-refractivity contribution in [3.8, 4) is 17.1 Å². The van der Waals surface area contributed by atoms with Crippen LogP contribution in [-0.4, -0.2) is 16.3 Å². The van der Waals surface area contributed by atoms with E-state index >= 15 is 0 Å². The maximum Gasteiger partial charge on any atom is 0.297 e. The molecule has 0 saturated heterocycles. The van der Waals surface area contributed by atoms with Crippen LogP contribution in [0.5, 0.6) is 0 Å². The van der Waals surface area contributed by atoms with E-state index in [9.17, 15) is 0 Å². The number of fused-ring (bicyclic) bond motifs is 10. The van der Waals surface area contributed by atoms with Crippen molar-refractivity contribution in [3.63, 3.8) is 0 Å². The molecule has 0 bridgehead atoms. The minimum absolute atomic E-state index is 0.0619. The Balaban J connectivity index is 1.30. The molecule has 0 atom stereocenters. The SMILES string of the molecule is CC(C)(C)c1ccc(N2c3cccc4c3B(c3oc5ccccc5c32)c2cc3c5ccccc5sc3c3nc(-c5ccccc5)n-4c23)cc1. The molecule has 2 aliphatic rings. The Bertz CT molecular complexity index is 2820. The third kappa shape index (κ3) is 3.62. The molecule has 0 fully saturated rings. The van der Waals surface area contributed by atoms with E-state index in [1.54, 1.807) is 0 Å². The van der Waals surface area contributed by atoms with E-state index in [0.29, 0.717) is 0 Å². The second-order valence-corrected chi connectivity index (χ2v) is 15.4. The molecule has 232 valence electrons. The fourth-order valence-corrected chi connectivity index (χ4v) is 9.49. The summed E-state index contributed by atoms with van der Waals surface area (Å²) < 4.78 is 12.0. The Labute approximate surface area is 287 Å². The van der Waals surface area contributed by atoms with Crippen molar-refractivity contribution in [1.29, 1.82) is 0 Å². The van der Waals surface area contributed by atoms with Gasteiger partial charge in [-0.25, -0.2) is 4.98 Å². The van der Waals surface area contributed by atoms with E-state index in [1.165, 1.54) is 47.9 Å². The lowest BCUT2D eigenvalue weighted by Crippen LogP contribution is -2.60. The van der Waals surface area contributed by atoms with Crippen LogP contribution in [0.3, 0.4) is 0 Å². The first-order valence-corrected chi connectivity index (χ1v) is 17.7. The molecule has 0 N–H and O–H groups in total. The van der Waals surface area contributed by atoms with E-state index in [-0.39, 0.29) is 12.1 Å². The summed E-state index contributed by atoms with van der Waals surface area (Å²) in [5.41, 5.74) is 13.6. The molecule has 0 aliphatic carbocycles. The zero-order chi connectivity index (χ0) is 32.6. The lowest BCUT2D eigenvalue weighted by Gasteiger charge is -2.38. The van der Waals surface area contributed by atoms with Crippen LogP contribution in [0, 0.1) is 0 Å². The summed E-state index contributed by atoms with van der Waals surface area (Å²) in [5, 5.41) is 3.65. The van der Waals surface area contributed by atoms with Crippen LogP contribution in [-0.2, 0) is 5.41 Å². The lowest BCUT2D eigenvalue weighted by atomic mass is 9.36. The van der Waals surface area contributed by atoms with Gasteiger partial charge in [-0.1, -0.05) is 106 Å². The number of furan rings is 1. The first kappa shape index (κ1) is 27.4. The number of para-hydroxylation sites is 1. The van der Waals surface area contributed by atoms with E-state index in [4.69, 9.17) is 9.40 Å². The van der Waals surface area contributed by atoms with Crippen LogP contribution in [0.2, 0.25) is 0 Å². The maximum absolute atomic E-state index is 7.02. The van der Waals surface area contributed by atoms with Crippen molar-refractivity contribution in [2.24, 2.45) is 0 Å². The number of anilines is 3. The molecule has 49 heavy (non-hydrogen) atoms. The summed E-state index contributed by atoms with van der Waals surface area (Å²) in [7, 11) is 0. The molecule has 11 rings (SSSR count). The first-order valence-electron chi connectivity index (χ1n) is 16.9. The van der Waals surface area contributed by atoms with Crippen LogP contribution < -0.4 is 21.5 Å². The van der Waals surface area contributed by atoms with E-state index in [1.807, 2.05) is 11.3 Å². The minimum atomic E-state index is -0.0999. The zero-order valence-corrected chi connectivity index (χ0v) is 28.2. The van der Waals surface area contributed by atoms with E-state index in [2.05, 4.69) is 158 Å². The average molecular weight is 648 g/mol. The minimum Gasteiger partial charge on any atom is -0.468 e. The number of hydrogen-bond acceptors (Lipinski definition) is 4. The Kier molecular flexibility index (Phi) is 5.32. The topological polar surface area (TPSA) is 34.2 Å². The quantitative estimate of drug-likeness (QED) is 0.175. The smallest absolute Gasteiger partial charge is 0.297 e. The van der Waals surface area contributed by atoms with Crippen LogP contribution in [0.4, 0.5) is 17.1 Å². The molecular weight excluding hydrogens is 617 g/mol.